The number of hydrogen-bond donors (Lipinski definition) is 2. The molecule has 0 bridgehead atoms. The summed E-state index contributed by atoms with van der Waals surface area (Å²) in [7, 11) is 3.12. The van der Waals surface area contributed by atoms with E-state index in [2.05, 4.69) is 5.32 Å². The highest BCUT2D eigenvalue weighted by molar-refractivity contribution is 6.04. The lowest BCUT2D eigenvalue weighted by molar-refractivity contribution is -0.135. The molecular formula is C27H32N4O6. The number of fused-ring (bicyclic) bond motifs is 1. The van der Waals surface area contributed by atoms with Gasteiger partial charge in [0, 0.05) is 37.4 Å². The average molecular weight is 509 g/mol. The van der Waals surface area contributed by atoms with E-state index < -0.39 is 6.61 Å². The number of Topliss-reactive ketones (excluding diaryl/α,β-unsaturated/α-hetero) is 1. The fraction of sp³-hybridized carbons (Fsp3) is 0.407. The van der Waals surface area contributed by atoms with Gasteiger partial charge in [0.15, 0.2) is 17.2 Å². The Hall–Kier alpha value is -3.92. The Bertz CT molecular complexity index is 1380. The number of aromatic nitrogens is 2. The molecule has 1 saturated heterocycles. The van der Waals surface area contributed by atoms with E-state index in [-0.39, 0.29) is 52.6 Å². The number of aryl methyl sites for hydroxylation is 2. The molecule has 2 N–H and O–H groups in total. The fourth-order valence-corrected chi connectivity index (χ4v) is 4.96. The van der Waals surface area contributed by atoms with E-state index >= 15 is 0 Å². The summed E-state index contributed by atoms with van der Waals surface area (Å²) < 4.78 is 8.70. The highest BCUT2D eigenvalue weighted by Gasteiger charge is 2.29. The summed E-state index contributed by atoms with van der Waals surface area (Å²) in [6, 6.07) is 10.5. The lowest BCUT2D eigenvalue weighted by Crippen LogP contribution is -2.47. The number of nitrogens with one attached hydrogen (secondary N) is 1. The second-order valence-electron chi connectivity index (χ2n) is 9.16. The van der Waals surface area contributed by atoms with Crippen molar-refractivity contribution < 1.29 is 24.2 Å². The van der Waals surface area contributed by atoms with Crippen LogP contribution in [0.15, 0.2) is 41.2 Å². The molecule has 0 spiro atoms. The molecule has 0 saturated carbocycles. The third kappa shape index (κ3) is 5.01. The SMILES string of the molecule is CCc1cc2c(c(OC)c(C(=O)NC3CCN(C(=O)CO)CC3)n2C)c(=O)n1CC(=O)c1ccccc1. The van der Waals surface area contributed by atoms with Crippen LogP contribution in [0.4, 0.5) is 0 Å². The van der Waals surface area contributed by atoms with Crippen molar-refractivity contribution in [3.63, 3.8) is 0 Å². The minimum atomic E-state index is -0.529. The number of piperidine rings is 1. The van der Waals surface area contributed by atoms with Gasteiger partial charge in [0.05, 0.1) is 19.2 Å². The third-order valence-electron chi connectivity index (χ3n) is 7.00. The third-order valence-corrected chi connectivity index (χ3v) is 7.00. The number of carbonyl (C=O) groups excluding carboxylic acids is 3. The van der Waals surface area contributed by atoms with Crippen LogP contribution in [0.1, 0.15) is 46.3 Å². The Kier molecular flexibility index (Phi) is 7.77. The summed E-state index contributed by atoms with van der Waals surface area (Å²) in [6.07, 6.45) is 1.63. The minimum Gasteiger partial charge on any atom is -0.493 e. The van der Waals surface area contributed by atoms with Gasteiger partial charge in [-0.2, -0.15) is 0 Å². The molecule has 10 heteroatoms. The van der Waals surface area contributed by atoms with Crippen molar-refractivity contribution in [1.82, 2.24) is 19.4 Å². The topological polar surface area (TPSA) is 123 Å². The highest BCUT2D eigenvalue weighted by atomic mass is 16.5. The van der Waals surface area contributed by atoms with Gasteiger partial charge in [0.25, 0.3) is 11.5 Å². The van der Waals surface area contributed by atoms with E-state index in [1.807, 2.05) is 19.1 Å². The number of aliphatic hydroxyl groups excluding tert-OH is 1. The number of benzene rings is 1. The predicted molar refractivity (Wildman–Crippen MR) is 138 cm³/mol. The lowest BCUT2D eigenvalue weighted by Gasteiger charge is -2.32. The molecular weight excluding hydrogens is 476 g/mol. The summed E-state index contributed by atoms with van der Waals surface area (Å²) in [4.78, 5) is 53.3. The lowest BCUT2D eigenvalue weighted by atomic mass is 10.0. The Labute approximate surface area is 214 Å². The quantitative estimate of drug-likeness (QED) is 0.445. The number of pyridine rings is 1. The molecule has 2 amide bonds. The second-order valence-corrected chi connectivity index (χ2v) is 9.16. The van der Waals surface area contributed by atoms with Crippen LogP contribution in [0.25, 0.3) is 10.9 Å². The Balaban J connectivity index is 1.67. The van der Waals surface area contributed by atoms with Crippen molar-refractivity contribution in [3.8, 4) is 5.75 Å². The smallest absolute Gasteiger partial charge is 0.272 e. The zero-order valence-corrected chi connectivity index (χ0v) is 21.3. The predicted octanol–water partition coefficient (Wildman–Crippen LogP) is 1.51. The molecule has 37 heavy (non-hydrogen) atoms. The zero-order chi connectivity index (χ0) is 26.7. The molecule has 3 heterocycles. The molecule has 196 valence electrons. The van der Waals surface area contributed by atoms with Crippen molar-refractivity contribution in [2.75, 3.05) is 26.8 Å². The molecule has 10 nitrogen and oxygen atoms in total. The summed E-state index contributed by atoms with van der Waals surface area (Å²) in [5.74, 6) is -0.729. The van der Waals surface area contributed by atoms with Crippen molar-refractivity contribution in [1.29, 1.82) is 0 Å². The average Bonchev–Trinajstić information content (AvgIpc) is 3.21. The van der Waals surface area contributed by atoms with E-state index in [4.69, 9.17) is 9.84 Å². The largest absolute Gasteiger partial charge is 0.493 e. The molecule has 1 fully saturated rings. The van der Waals surface area contributed by atoms with Crippen molar-refractivity contribution in [3.05, 3.63) is 63.7 Å². The number of ether oxygens (including phenoxy) is 1. The van der Waals surface area contributed by atoms with Crippen LogP contribution in [-0.4, -0.2) is 69.6 Å². The van der Waals surface area contributed by atoms with Gasteiger partial charge in [0.2, 0.25) is 5.91 Å². The van der Waals surface area contributed by atoms with E-state index in [0.29, 0.717) is 49.1 Å². The molecule has 1 aliphatic rings. The first-order valence-electron chi connectivity index (χ1n) is 12.4. The van der Waals surface area contributed by atoms with Gasteiger partial charge in [-0.1, -0.05) is 37.3 Å². The summed E-state index contributed by atoms with van der Waals surface area (Å²) in [5, 5.41) is 12.3. The van der Waals surface area contributed by atoms with Crippen LogP contribution in [0.5, 0.6) is 5.75 Å². The van der Waals surface area contributed by atoms with Crippen LogP contribution >= 0.6 is 0 Å². The maximum absolute atomic E-state index is 13.7. The summed E-state index contributed by atoms with van der Waals surface area (Å²) in [6.45, 7) is 2.14. The molecule has 2 aromatic heterocycles. The Morgan fingerprint density at radius 2 is 1.81 bits per heavy atom. The number of amides is 2. The van der Waals surface area contributed by atoms with Crippen LogP contribution in [0, 0.1) is 0 Å². The number of rotatable bonds is 8. The van der Waals surface area contributed by atoms with E-state index in [9.17, 15) is 19.2 Å². The van der Waals surface area contributed by atoms with E-state index in [1.54, 1.807) is 40.8 Å². The number of likely N-dealkylation sites (tertiary alicyclic amines) is 1. The van der Waals surface area contributed by atoms with Gasteiger partial charge in [-0.05, 0) is 25.3 Å². The molecule has 1 aliphatic heterocycles. The van der Waals surface area contributed by atoms with Crippen molar-refractivity contribution in [2.24, 2.45) is 7.05 Å². The number of aliphatic hydroxyl groups is 1. The van der Waals surface area contributed by atoms with Gasteiger partial charge in [-0.3, -0.25) is 19.2 Å². The Morgan fingerprint density at radius 1 is 1.14 bits per heavy atom. The highest BCUT2D eigenvalue weighted by Crippen LogP contribution is 2.31. The van der Waals surface area contributed by atoms with Crippen LogP contribution in [0.3, 0.4) is 0 Å². The molecule has 0 aliphatic carbocycles. The molecule has 0 unspecified atom stereocenters. The van der Waals surface area contributed by atoms with Crippen LogP contribution < -0.4 is 15.6 Å². The van der Waals surface area contributed by atoms with Gasteiger partial charge >= 0.3 is 0 Å². The maximum Gasteiger partial charge on any atom is 0.272 e. The zero-order valence-electron chi connectivity index (χ0n) is 21.3. The normalized spacial score (nSPS) is 14.1. The molecule has 3 aromatic rings. The first kappa shape index (κ1) is 26.2. The van der Waals surface area contributed by atoms with Gasteiger partial charge < -0.3 is 29.2 Å². The van der Waals surface area contributed by atoms with Gasteiger partial charge in [-0.25, -0.2) is 0 Å². The Morgan fingerprint density at radius 3 is 2.41 bits per heavy atom. The summed E-state index contributed by atoms with van der Waals surface area (Å²) >= 11 is 0. The van der Waals surface area contributed by atoms with Gasteiger partial charge in [-0.15, -0.1) is 0 Å². The van der Waals surface area contributed by atoms with Crippen LogP contribution in [-0.2, 0) is 24.8 Å². The first-order chi connectivity index (χ1) is 17.8. The number of ketones is 1. The van der Waals surface area contributed by atoms with E-state index in [0.717, 1.165) is 0 Å². The second kappa shape index (κ2) is 11.0. The number of nitrogens with zero attached hydrogens (tertiary/aromatic N) is 3. The number of carbonyl (C=O) groups is 3. The van der Waals surface area contributed by atoms with Gasteiger partial charge in [0.1, 0.15) is 12.0 Å². The van der Waals surface area contributed by atoms with Crippen molar-refractivity contribution >= 4 is 28.5 Å². The summed E-state index contributed by atoms with van der Waals surface area (Å²) in [5.41, 5.74) is 1.58. The van der Waals surface area contributed by atoms with E-state index in [1.165, 1.54) is 11.7 Å². The monoisotopic (exact) mass is 508 g/mol. The first-order valence-corrected chi connectivity index (χ1v) is 12.4. The van der Waals surface area contributed by atoms with Crippen molar-refractivity contribution in [2.45, 2.75) is 38.8 Å². The fourth-order valence-electron chi connectivity index (χ4n) is 4.96. The molecule has 0 radical (unpaired) electrons. The number of methoxy groups -OCH3 is 1. The number of hydrogen-bond acceptors (Lipinski definition) is 6. The maximum atomic E-state index is 13.7. The molecule has 0 atom stereocenters. The standard InChI is InChI=1S/C27H32N4O6/c1-4-19-14-20-23(27(36)31(19)15-21(33)17-8-6-5-7-9-17)25(37-3)24(29(20)2)26(35)28-18-10-12-30(13-11-18)22(34)16-32/h5-9,14,18,32H,4,10-13,15-16H2,1-3H3,(H,28,35). The van der Waals surface area contributed by atoms with Crippen LogP contribution in [0.2, 0.25) is 0 Å². The minimum absolute atomic E-state index is 0.118. The molecule has 1 aromatic carbocycles. The molecule has 4 rings (SSSR count).